The third kappa shape index (κ3) is 23.9. The lowest BCUT2D eigenvalue weighted by Gasteiger charge is -2.21. The first kappa shape index (κ1) is 86.4. The Labute approximate surface area is 702 Å². The summed E-state index contributed by atoms with van der Waals surface area (Å²) < 4.78 is 16.5. The molecule has 3 aromatic heterocycles. The molecule has 0 aliphatic rings. The van der Waals surface area contributed by atoms with Crippen LogP contribution < -0.4 is 21.7 Å². The number of hydrogen-bond acceptors (Lipinski definition) is 16. The number of phenols is 2. The summed E-state index contributed by atoms with van der Waals surface area (Å²) in [6, 6.07) is 90.9. The maximum absolute atomic E-state index is 13.3. The summed E-state index contributed by atoms with van der Waals surface area (Å²) in [4.78, 5) is 102. The molecule has 0 unspecified atom stereocenters. The second-order valence-corrected chi connectivity index (χ2v) is 30.9. The lowest BCUT2D eigenvalue weighted by molar-refractivity contribution is 0.00580. The number of ether oxygens (including phenoxy) is 3. The van der Waals surface area contributed by atoms with Crippen LogP contribution in [0.15, 0.2) is 322 Å². The molecular weight excluding hydrogens is 1520 g/mol. The van der Waals surface area contributed by atoms with Crippen LogP contribution >= 0.6 is 0 Å². The number of nitrogens with two attached hydrogens (primary N) is 1. The molecule has 3 heterocycles. The number of benzene rings is 11. The predicted octanol–water partition coefficient (Wildman–Crippen LogP) is 22.2. The summed E-state index contributed by atoms with van der Waals surface area (Å²) in [6.07, 6.45) is 5.04. The van der Waals surface area contributed by atoms with Gasteiger partial charge in [-0.15, -0.1) is 0 Å². The van der Waals surface area contributed by atoms with Crippen LogP contribution in [0.3, 0.4) is 0 Å². The van der Waals surface area contributed by atoms with Crippen molar-refractivity contribution in [1.29, 1.82) is 0 Å². The number of nitrogens with zero attached hydrogens (tertiary/aromatic N) is 3. The van der Waals surface area contributed by atoms with Crippen molar-refractivity contribution in [3.8, 4) is 89.8 Å². The van der Waals surface area contributed by atoms with Crippen LogP contribution in [0.25, 0.3) is 78.3 Å². The Bertz CT molecular complexity index is 5820. The van der Waals surface area contributed by atoms with Gasteiger partial charge in [-0.2, -0.15) is 0 Å². The van der Waals surface area contributed by atoms with Crippen LogP contribution in [0.4, 0.5) is 22.7 Å². The zero-order valence-corrected chi connectivity index (χ0v) is 68.4. The number of rotatable bonds is 17. The van der Waals surface area contributed by atoms with E-state index in [9.17, 15) is 48.9 Å². The predicted molar refractivity (Wildman–Crippen MR) is 475 cm³/mol. The van der Waals surface area contributed by atoms with Gasteiger partial charge >= 0.3 is 23.9 Å². The van der Waals surface area contributed by atoms with Crippen LogP contribution in [0, 0.1) is 6.92 Å². The number of aromatic nitrogens is 3. The van der Waals surface area contributed by atoms with Gasteiger partial charge in [0.2, 0.25) is 0 Å². The third-order valence-electron chi connectivity index (χ3n) is 18.2. The second-order valence-electron chi connectivity index (χ2n) is 30.9. The molecule has 0 aliphatic carbocycles. The molecule has 14 rings (SSSR count). The molecule has 14 aromatic rings. The van der Waals surface area contributed by atoms with E-state index in [4.69, 9.17) is 19.9 Å². The monoisotopic (exact) mass is 1610 g/mol. The fraction of sp³-hybridized carbons (Fsp3) is 0.129. The Morgan fingerprint density at radius 1 is 0.289 bits per heavy atom. The Hall–Kier alpha value is -15.4. The number of carboxylic acid groups (broad SMARTS) is 1. The van der Waals surface area contributed by atoms with E-state index in [0.29, 0.717) is 56.3 Å². The number of carboxylic acids is 1. The maximum Gasteiger partial charge on any atom is 0.340 e. The summed E-state index contributed by atoms with van der Waals surface area (Å²) in [5, 5.41) is 38.9. The number of hydrogen-bond donors (Lipinski definition) is 7. The lowest BCUT2D eigenvalue weighted by Crippen LogP contribution is -2.25. The number of nitrogen functional groups attached to an aromatic ring is 1. The number of pyridine rings is 3. The van der Waals surface area contributed by atoms with Crippen LogP contribution in [0.1, 0.15) is 140 Å². The van der Waals surface area contributed by atoms with Gasteiger partial charge in [-0.05, 0) is 241 Å². The van der Waals surface area contributed by atoms with Gasteiger partial charge in [0.25, 0.3) is 17.7 Å². The van der Waals surface area contributed by atoms with Gasteiger partial charge in [0.05, 0.1) is 67.5 Å². The van der Waals surface area contributed by atoms with Crippen molar-refractivity contribution in [2.45, 2.75) is 86.0 Å². The molecule has 0 fully saturated rings. The van der Waals surface area contributed by atoms with E-state index >= 15 is 0 Å². The highest BCUT2D eigenvalue weighted by Gasteiger charge is 2.27. The first-order chi connectivity index (χ1) is 57.8. The molecule has 20 heteroatoms. The zero-order chi connectivity index (χ0) is 86.5. The van der Waals surface area contributed by atoms with Crippen molar-refractivity contribution in [2.75, 3.05) is 21.7 Å². The molecule has 8 N–H and O–H groups in total. The van der Waals surface area contributed by atoms with Crippen LogP contribution in [0.5, 0.6) is 11.5 Å². The molecule has 0 spiro atoms. The van der Waals surface area contributed by atoms with E-state index in [1.54, 1.807) is 118 Å². The molecule has 0 saturated carbocycles. The highest BCUT2D eigenvalue weighted by molar-refractivity contribution is 6.12. The molecule has 0 aliphatic heterocycles. The van der Waals surface area contributed by atoms with Gasteiger partial charge in [0, 0.05) is 46.5 Å². The van der Waals surface area contributed by atoms with E-state index < -0.39 is 52.5 Å². The zero-order valence-electron chi connectivity index (χ0n) is 68.4. The van der Waals surface area contributed by atoms with E-state index in [1.165, 1.54) is 30.3 Å². The Kier molecular flexibility index (Phi) is 27.9. The molecule has 121 heavy (non-hydrogen) atoms. The minimum atomic E-state index is -1.16. The Balaban J connectivity index is 0.000000160. The summed E-state index contributed by atoms with van der Waals surface area (Å²) in [5.41, 5.74) is 19.4. The van der Waals surface area contributed by atoms with Crippen molar-refractivity contribution < 1.29 is 63.1 Å². The Morgan fingerprint density at radius 3 is 0.851 bits per heavy atom. The molecule has 0 bridgehead atoms. The summed E-state index contributed by atoms with van der Waals surface area (Å²) >= 11 is 0. The van der Waals surface area contributed by atoms with Gasteiger partial charge in [0.15, 0.2) is 0 Å². The number of carbonyl (C=O) groups excluding carboxylic acids is 6. The fourth-order valence-electron chi connectivity index (χ4n) is 12.5. The average molecular weight is 1610 g/mol. The van der Waals surface area contributed by atoms with Crippen LogP contribution in [-0.4, -0.2) is 88.7 Å². The number of aryl methyl sites for hydroxylation is 1. The fourth-order valence-corrected chi connectivity index (χ4v) is 12.5. The Morgan fingerprint density at radius 2 is 0.554 bits per heavy atom. The third-order valence-corrected chi connectivity index (χ3v) is 18.2. The minimum absolute atomic E-state index is 0.0288. The number of aromatic carboxylic acids is 1. The van der Waals surface area contributed by atoms with E-state index in [-0.39, 0.29) is 45.3 Å². The molecule has 0 atom stereocenters. The lowest BCUT2D eigenvalue weighted by atomic mass is 10.0. The quantitative estimate of drug-likeness (QED) is 0.0253. The van der Waals surface area contributed by atoms with Gasteiger partial charge in [-0.3, -0.25) is 29.3 Å². The SMILES string of the molecule is CC(C)(C)OC(=O)c1ccc(-c2ccccc2)cc1N.CC(C)(C)OC(=O)c1ccc(-c2ccccc2)cc1NC(=O)c1ccc(-c2ccccn2)cc1O.Cc1cc(-c2ccccn2)ccc1C(=O)Nc1cc(-c2ccccc2)ccc1C(=O)OC(C)(C)C.O=C(Nc1cc(-c2ccccc2)ccc1C(=O)O)c1ccc(-c2ccccn2)cc1O. The topological polar surface area (TPSA) is 309 Å². The molecular formula is C101H91N7O13. The van der Waals surface area contributed by atoms with Crippen molar-refractivity contribution in [3.63, 3.8) is 0 Å². The highest BCUT2D eigenvalue weighted by atomic mass is 16.6. The van der Waals surface area contributed by atoms with Gasteiger partial charge < -0.3 is 51.2 Å². The molecule has 608 valence electrons. The summed E-state index contributed by atoms with van der Waals surface area (Å²) in [6.45, 7) is 18.2. The first-order valence-corrected chi connectivity index (χ1v) is 38.7. The van der Waals surface area contributed by atoms with E-state index in [0.717, 1.165) is 61.3 Å². The smallest absolute Gasteiger partial charge is 0.340 e. The number of phenolic OH excluding ortho intramolecular Hbond substituents is 2. The molecule has 0 radical (unpaired) electrons. The highest BCUT2D eigenvalue weighted by Crippen LogP contribution is 2.35. The van der Waals surface area contributed by atoms with E-state index in [2.05, 4.69) is 30.9 Å². The van der Waals surface area contributed by atoms with Gasteiger partial charge in [-0.1, -0.05) is 182 Å². The molecule has 11 aromatic carbocycles. The first-order valence-electron chi connectivity index (χ1n) is 38.7. The number of esters is 3. The number of anilines is 4. The normalized spacial score (nSPS) is 10.9. The minimum Gasteiger partial charge on any atom is -0.507 e. The molecule has 20 nitrogen and oxygen atoms in total. The average Bonchev–Trinajstić information content (AvgIpc) is 0.817. The number of nitrogens with one attached hydrogen (secondary N) is 3. The summed E-state index contributed by atoms with van der Waals surface area (Å²) in [5.74, 6) is -4.48. The van der Waals surface area contributed by atoms with Crippen molar-refractivity contribution in [2.24, 2.45) is 0 Å². The molecule has 0 saturated heterocycles. The molecule has 3 amide bonds. The van der Waals surface area contributed by atoms with Crippen molar-refractivity contribution in [3.05, 3.63) is 366 Å². The van der Waals surface area contributed by atoms with E-state index in [1.807, 2.05) is 243 Å². The number of amides is 3. The van der Waals surface area contributed by atoms with Crippen LogP contribution in [0.2, 0.25) is 0 Å². The number of aromatic hydroxyl groups is 2. The maximum atomic E-state index is 13.3. The second kappa shape index (κ2) is 39.0. The standard InChI is InChI=1S/C30H28N2O3.C29H26N2O4.C25H18N2O4.C17H19NO2/c1-20-18-23(26-12-8-9-17-31-26)14-15-24(20)28(33)32-27-19-22(21-10-6-5-7-11-21)13-16-25(27)29(34)35-30(2,3)4;1-29(2,3)35-28(34)22-14-12-20(19-9-5-4-6-10-19)17-25(22)31-27(33)23-15-13-21(18-26(23)32)24-11-7-8-16-30-24;28-23-15-18(21-8-4-5-13-26-21)10-12-20(23)24(29)27-22-14-17(9-11-19(22)25(30)31)16-6-2-1-3-7-16;1-17(2,3)20-16(19)14-10-9-13(11-15(14)18)12-7-5-4-6-8-12/h5-19H,1-4H3,(H,32,33);4-18,32H,1-3H3,(H,31,33);1-15,28H,(H,27,29)(H,30,31);4-11H,18H2,1-3H3. The van der Waals surface area contributed by atoms with Gasteiger partial charge in [-0.25, -0.2) is 19.2 Å². The summed E-state index contributed by atoms with van der Waals surface area (Å²) in [7, 11) is 0. The number of carbonyl (C=O) groups is 7. The van der Waals surface area contributed by atoms with Crippen molar-refractivity contribution in [1.82, 2.24) is 15.0 Å². The van der Waals surface area contributed by atoms with Gasteiger partial charge in [0.1, 0.15) is 28.3 Å². The largest absolute Gasteiger partial charge is 0.507 e. The van der Waals surface area contributed by atoms with Crippen LogP contribution in [-0.2, 0) is 14.2 Å². The van der Waals surface area contributed by atoms with Crippen molar-refractivity contribution >= 4 is 64.3 Å².